The van der Waals surface area contributed by atoms with E-state index in [0.717, 1.165) is 41.0 Å². The Morgan fingerprint density at radius 1 is 1.28 bits per heavy atom. The van der Waals surface area contributed by atoms with E-state index in [0.29, 0.717) is 18.8 Å². The number of carbonyl (C=O) groups excluding carboxylic acids is 1. The van der Waals surface area contributed by atoms with Crippen LogP contribution < -0.4 is 0 Å². The first-order valence-electron chi connectivity index (χ1n) is 8.12. The number of thiazole rings is 1. The molecule has 130 valence electrons. The number of thiophene rings is 1. The summed E-state index contributed by atoms with van der Waals surface area (Å²) >= 11 is 3.17. The Morgan fingerprint density at radius 2 is 2.12 bits per heavy atom. The van der Waals surface area contributed by atoms with Gasteiger partial charge in [0.15, 0.2) is 5.76 Å². The molecule has 3 aromatic heterocycles. The Morgan fingerprint density at radius 3 is 2.80 bits per heavy atom. The molecule has 1 aliphatic heterocycles. The second-order valence-corrected chi connectivity index (χ2v) is 7.82. The van der Waals surface area contributed by atoms with Gasteiger partial charge in [-0.3, -0.25) is 9.69 Å². The number of aromatic nitrogens is 2. The summed E-state index contributed by atoms with van der Waals surface area (Å²) in [7, 11) is 0. The molecule has 4 rings (SSSR count). The summed E-state index contributed by atoms with van der Waals surface area (Å²) in [6, 6.07) is 5.98. The fourth-order valence-electron chi connectivity index (χ4n) is 2.87. The molecule has 1 saturated heterocycles. The van der Waals surface area contributed by atoms with Crippen molar-refractivity contribution >= 4 is 28.6 Å². The number of aryl methyl sites for hydroxylation is 1. The Balaban J connectivity index is 1.35. The molecule has 0 bridgehead atoms. The van der Waals surface area contributed by atoms with E-state index in [1.165, 1.54) is 11.3 Å². The zero-order chi connectivity index (χ0) is 17.2. The lowest BCUT2D eigenvalue weighted by atomic mass is 10.2. The van der Waals surface area contributed by atoms with Crippen molar-refractivity contribution < 1.29 is 9.32 Å². The van der Waals surface area contributed by atoms with Crippen molar-refractivity contribution in [2.24, 2.45) is 0 Å². The Kier molecular flexibility index (Phi) is 4.65. The van der Waals surface area contributed by atoms with Crippen LogP contribution in [0, 0.1) is 6.92 Å². The lowest BCUT2D eigenvalue weighted by Crippen LogP contribution is -2.48. The average molecular weight is 374 g/mol. The van der Waals surface area contributed by atoms with Gasteiger partial charge in [0.25, 0.3) is 5.91 Å². The van der Waals surface area contributed by atoms with Crippen LogP contribution in [0.2, 0.25) is 0 Å². The van der Waals surface area contributed by atoms with Crippen molar-refractivity contribution in [1.82, 2.24) is 19.9 Å². The second kappa shape index (κ2) is 7.07. The third kappa shape index (κ3) is 3.65. The van der Waals surface area contributed by atoms with Gasteiger partial charge >= 0.3 is 0 Å². The first-order chi connectivity index (χ1) is 12.2. The summed E-state index contributed by atoms with van der Waals surface area (Å²) in [4.78, 5) is 22.5. The predicted molar refractivity (Wildman–Crippen MR) is 97.8 cm³/mol. The highest BCUT2D eigenvalue weighted by molar-refractivity contribution is 7.20. The van der Waals surface area contributed by atoms with Crippen LogP contribution in [0.15, 0.2) is 33.5 Å². The molecular weight excluding hydrogens is 356 g/mol. The molecule has 0 aromatic carbocycles. The maximum Gasteiger partial charge on any atom is 0.273 e. The van der Waals surface area contributed by atoms with Gasteiger partial charge in [0.2, 0.25) is 0 Å². The normalized spacial score (nSPS) is 15.6. The van der Waals surface area contributed by atoms with Gasteiger partial charge in [-0.25, -0.2) is 4.98 Å². The van der Waals surface area contributed by atoms with Gasteiger partial charge < -0.3 is 9.42 Å². The number of rotatable bonds is 4. The fraction of sp³-hybridized carbons (Fsp3) is 0.353. The van der Waals surface area contributed by atoms with Crippen molar-refractivity contribution in [2.75, 3.05) is 26.2 Å². The molecule has 1 amide bonds. The van der Waals surface area contributed by atoms with E-state index in [1.54, 1.807) is 11.3 Å². The number of nitrogens with zero attached hydrogens (tertiary/aromatic N) is 4. The van der Waals surface area contributed by atoms with E-state index in [1.807, 2.05) is 40.8 Å². The molecule has 0 N–H and O–H groups in total. The summed E-state index contributed by atoms with van der Waals surface area (Å²) in [6.45, 7) is 5.72. The minimum absolute atomic E-state index is 0.0224. The zero-order valence-electron chi connectivity index (χ0n) is 13.8. The molecule has 8 heteroatoms. The van der Waals surface area contributed by atoms with Crippen LogP contribution in [0.4, 0.5) is 0 Å². The average Bonchev–Trinajstić information content (AvgIpc) is 3.36. The maximum absolute atomic E-state index is 12.7. The van der Waals surface area contributed by atoms with Crippen LogP contribution in [0.1, 0.15) is 21.9 Å². The summed E-state index contributed by atoms with van der Waals surface area (Å²) < 4.78 is 5.27. The first kappa shape index (κ1) is 16.4. The van der Waals surface area contributed by atoms with Crippen LogP contribution >= 0.6 is 22.7 Å². The van der Waals surface area contributed by atoms with E-state index in [2.05, 4.69) is 15.0 Å². The molecule has 1 fully saturated rings. The van der Waals surface area contributed by atoms with Gasteiger partial charge in [0, 0.05) is 37.6 Å². The van der Waals surface area contributed by atoms with E-state index in [4.69, 9.17) is 4.52 Å². The quantitative estimate of drug-likeness (QED) is 0.702. The van der Waals surface area contributed by atoms with Crippen molar-refractivity contribution in [3.63, 3.8) is 0 Å². The molecule has 25 heavy (non-hydrogen) atoms. The minimum Gasteiger partial charge on any atom is -0.360 e. The Bertz CT molecular complexity index is 848. The third-order valence-electron chi connectivity index (χ3n) is 4.17. The largest absolute Gasteiger partial charge is 0.360 e. The van der Waals surface area contributed by atoms with Gasteiger partial charge in [-0.2, -0.15) is 0 Å². The summed E-state index contributed by atoms with van der Waals surface area (Å²) in [5.41, 5.74) is 1.45. The van der Waals surface area contributed by atoms with Gasteiger partial charge in [-0.1, -0.05) is 11.2 Å². The van der Waals surface area contributed by atoms with Crippen LogP contribution in [0.5, 0.6) is 0 Å². The summed E-state index contributed by atoms with van der Waals surface area (Å²) in [5.74, 6) is 0.895. The topological polar surface area (TPSA) is 62.5 Å². The number of amides is 1. The minimum atomic E-state index is 0.0224. The number of piperazine rings is 1. The molecule has 0 unspecified atom stereocenters. The summed E-state index contributed by atoms with van der Waals surface area (Å²) in [5, 5.41) is 8.71. The lowest BCUT2D eigenvalue weighted by molar-refractivity contribution is 0.0612. The molecule has 1 aliphatic rings. The van der Waals surface area contributed by atoms with Gasteiger partial charge in [-0.15, -0.1) is 22.7 Å². The molecule has 0 radical (unpaired) electrons. The van der Waals surface area contributed by atoms with Crippen LogP contribution in [-0.4, -0.2) is 52.0 Å². The lowest BCUT2D eigenvalue weighted by Gasteiger charge is -2.33. The Hall–Kier alpha value is -2.03. The van der Waals surface area contributed by atoms with Gasteiger partial charge in [0.1, 0.15) is 10.7 Å². The first-order valence-corrected chi connectivity index (χ1v) is 9.88. The molecule has 6 nitrogen and oxygen atoms in total. The van der Waals surface area contributed by atoms with Crippen molar-refractivity contribution in [2.45, 2.75) is 13.5 Å². The SMILES string of the molecule is Cc1cc(CN2CCN(C(=O)c3csc(-c4cccs4)n3)CC2)on1. The third-order valence-corrected chi connectivity index (χ3v) is 6.05. The molecule has 0 aliphatic carbocycles. The van der Waals surface area contributed by atoms with E-state index in [-0.39, 0.29) is 5.91 Å². The smallest absolute Gasteiger partial charge is 0.273 e. The highest BCUT2D eigenvalue weighted by Crippen LogP contribution is 2.28. The molecular formula is C17H18N4O2S2. The van der Waals surface area contributed by atoms with Gasteiger partial charge in [-0.05, 0) is 18.4 Å². The monoisotopic (exact) mass is 374 g/mol. The number of carbonyl (C=O) groups is 1. The molecule has 0 atom stereocenters. The Labute approximate surface area is 153 Å². The van der Waals surface area contributed by atoms with Crippen molar-refractivity contribution in [1.29, 1.82) is 0 Å². The number of hydrogen-bond donors (Lipinski definition) is 0. The van der Waals surface area contributed by atoms with Crippen LogP contribution in [0.3, 0.4) is 0 Å². The molecule has 4 heterocycles. The molecule has 0 saturated carbocycles. The maximum atomic E-state index is 12.7. The van der Waals surface area contributed by atoms with Crippen molar-refractivity contribution in [3.05, 3.63) is 46.1 Å². The zero-order valence-corrected chi connectivity index (χ0v) is 15.5. The standard InChI is InChI=1S/C17H18N4O2S2/c1-12-9-13(23-19-12)10-20-4-6-21(7-5-20)17(22)14-11-25-16(18-14)15-3-2-8-24-15/h2-3,8-9,11H,4-7,10H2,1H3. The summed E-state index contributed by atoms with van der Waals surface area (Å²) in [6.07, 6.45) is 0. The van der Waals surface area contributed by atoms with E-state index < -0.39 is 0 Å². The van der Waals surface area contributed by atoms with Crippen molar-refractivity contribution in [3.8, 4) is 9.88 Å². The number of hydrogen-bond acceptors (Lipinski definition) is 7. The van der Waals surface area contributed by atoms with E-state index >= 15 is 0 Å². The van der Waals surface area contributed by atoms with Gasteiger partial charge in [0.05, 0.1) is 17.1 Å². The van der Waals surface area contributed by atoms with E-state index in [9.17, 15) is 4.79 Å². The van der Waals surface area contributed by atoms with Crippen LogP contribution in [0.25, 0.3) is 9.88 Å². The second-order valence-electron chi connectivity index (χ2n) is 6.02. The highest BCUT2D eigenvalue weighted by atomic mass is 32.1. The molecule has 3 aromatic rings. The molecule has 0 spiro atoms. The van der Waals surface area contributed by atoms with Crippen LogP contribution in [-0.2, 0) is 6.54 Å². The highest BCUT2D eigenvalue weighted by Gasteiger charge is 2.24. The predicted octanol–water partition coefficient (Wildman–Crippen LogP) is 3.13. The fourth-order valence-corrected chi connectivity index (χ4v) is 4.48.